The van der Waals surface area contributed by atoms with Crippen molar-refractivity contribution >= 4 is 20.1 Å². The van der Waals surface area contributed by atoms with Crippen molar-refractivity contribution in [3.05, 3.63) is 29.8 Å². The fourth-order valence-electron chi connectivity index (χ4n) is 6.32. The van der Waals surface area contributed by atoms with E-state index in [0.29, 0.717) is 0 Å². The fraction of sp³-hybridized carbons (Fsp3) is 0.724. The molecule has 1 saturated heterocycles. The zero-order chi connectivity index (χ0) is 28.4. The SMILES string of the molecule is COc1ccc(CO[C@@H]2C[C@@]3([C@]4(O)CC(C)(C)CC4=O)COC(=O)[C@@H](CO[Si](C)(C)C(C)(C)C)[C@@]23O)cc1. The molecule has 0 aromatic heterocycles. The standard InChI is InChI=1S/C29H44O8Si/c1-25(2,3)38(7,8)37-16-21-24(31)36-18-27(28(32)17-26(4,5)13-22(28)30)14-23(29(21,27)33)35-15-19-9-11-20(34-6)12-10-19/h9-12,21,23,32-33H,13-18H2,1-8H3/t21-,23-,27+,28+,29-/m1/s1. The van der Waals surface area contributed by atoms with Gasteiger partial charge in [-0.3, -0.25) is 9.59 Å². The molecule has 1 aromatic carbocycles. The highest BCUT2D eigenvalue weighted by Crippen LogP contribution is 2.67. The van der Waals surface area contributed by atoms with Crippen molar-refractivity contribution in [3.8, 4) is 5.75 Å². The van der Waals surface area contributed by atoms with Gasteiger partial charge in [0.15, 0.2) is 14.1 Å². The average molecular weight is 549 g/mol. The Balaban J connectivity index is 1.68. The summed E-state index contributed by atoms with van der Waals surface area (Å²) in [7, 11) is -0.696. The summed E-state index contributed by atoms with van der Waals surface area (Å²) in [6.07, 6.45) is -0.217. The minimum atomic E-state index is -2.29. The van der Waals surface area contributed by atoms with Gasteiger partial charge >= 0.3 is 5.97 Å². The number of fused-ring (bicyclic) bond motifs is 1. The molecule has 0 bridgehead atoms. The minimum absolute atomic E-state index is 0.0658. The number of Topliss-reactive ketones (excluding diaryl/α,β-unsaturated/α-hetero) is 1. The Morgan fingerprint density at radius 1 is 1.11 bits per heavy atom. The van der Waals surface area contributed by atoms with Crippen LogP contribution in [0.3, 0.4) is 0 Å². The Kier molecular flexibility index (Phi) is 7.23. The first kappa shape index (κ1) is 29.2. The van der Waals surface area contributed by atoms with Gasteiger partial charge in [-0.1, -0.05) is 46.8 Å². The second-order valence-corrected chi connectivity index (χ2v) is 18.6. The molecule has 2 saturated carbocycles. The Morgan fingerprint density at radius 3 is 2.26 bits per heavy atom. The lowest BCUT2D eigenvalue weighted by Gasteiger charge is -2.68. The van der Waals surface area contributed by atoms with Crippen molar-refractivity contribution in [2.24, 2.45) is 16.7 Å². The average Bonchev–Trinajstić information content (AvgIpc) is 3.03. The first-order chi connectivity index (χ1) is 17.4. The van der Waals surface area contributed by atoms with E-state index in [-0.39, 0.29) is 49.9 Å². The van der Waals surface area contributed by atoms with E-state index in [9.17, 15) is 19.8 Å². The molecule has 0 radical (unpaired) electrons. The summed E-state index contributed by atoms with van der Waals surface area (Å²) in [4.78, 5) is 26.6. The second-order valence-electron chi connectivity index (χ2n) is 13.8. The molecule has 38 heavy (non-hydrogen) atoms. The molecule has 2 N–H and O–H groups in total. The third-order valence-corrected chi connectivity index (χ3v) is 14.2. The number of aliphatic hydroxyl groups is 2. The van der Waals surface area contributed by atoms with Gasteiger partial charge in [0.25, 0.3) is 0 Å². The zero-order valence-corrected chi connectivity index (χ0v) is 25.1. The first-order valence-electron chi connectivity index (χ1n) is 13.5. The van der Waals surface area contributed by atoms with E-state index in [2.05, 4.69) is 33.9 Å². The normalized spacial score (nSPS) is 34.9. The number of ether oxygens (including phenoxy) is 3. The van der Waals surface area contributed by atoms with Crippen LogP contribution < -0.4 is 4.74 Å². The lowest BCUT2D eigenvalue weighted by Crippen LogP contribution is -2.84. The first-order valence-corrected chi connectivity index (χ1v) is 16.4. The number of ketones is 1. The molecular formula is C29H44O8Si. The molecule has 212 valence electrons. The largest absolute Gasteiger partial charge is 0.497 e. The summed E-state index contributed by atoms with van der Waals surface area (Å²) in [5.74, 6) is -1.29. The van der Waals surface area contributed by atoms with Gasteiger partial charge in [0.1, 0.15) is 29.5 Å². The molecule has 5 atom stereocenters. The lowest BCUT2D eigenvalue weighted by molar-refractivity contribution is -0.357. The Hall–Kier alpha value is -1.78. The van der Waals surface area contributed by atoms with Gasteiger partial charge in [0.05, 0.1) is 31.8 Å². The number of hydrogen-bond acceptors (Lipinski definition) is 8. The van der Waals surface area contributed by atoms with Crippen LogP contribution in [-0.4, -0.2) is 67.9 Å². The highest BCUT2D eigenvalue weighted by atomic mass is 28.4. The van der Waals surface area contributed by atoms with E-state index in [1.807, 2.05) is 38.1 Å². The number of carbonyl (C=O) groups is 2. The molecule has 8 nitrogen and oxygen atoms in total. The molecule has 4 rings (SSSR count). The fourth-order valence-corrected chi connectivity index (χ4v) is 7.33. The molecule has 3 fully saturated rings. The summed E-state index contributed by atoms with van der Waals surface area (Å²) < 4.78 is 23.5. The van der Waals surface area contributed by atoms with Crippen LogP contribution in [0.15, 0.2) is 24.3 Å². The molecule has 3 aliphatic rings. The van der Waals surface area contributed by atoms with E-state index < -0.39 is 48.3 Å². The highest BCUT2D eigenvalue weighted by molar-refractivity contribution is 6.74. The maximum Gasteiger partial charge on any atom is 0.314 e. The summed E-state index contributed by atoms with van der Waals surface area (Å²) in [5.41, 5.74) is -4.60. The van der Waals surface area contributed by atoms with Crippen LogP contribution in [0.4, 0.5) is 0 Å². The Morgan fingerprint density at radius 2 is 1.74 bits per heavy atom. The monoisotopic (exact) mass is 548 g/mol. The molecule has 1 aliphatic heterocycles. The molecule has 2 aliphatic carbocycles. The Labute approximate surface area is 227 Å². The van der Waals surface area contributed by atoms with Crippen LogP contribution in [0, 0.1) is 16.7 Å². The summed E-state index contributed by atoms with van der Waals surface area (Å²) >= 11 is 0. The van der Waals surface area contributed by atoms with Crippen LogP contribution in [0.5, 0.6) is 5.75 Å². The molecule has 0 amide bonds. The summed E-state index contributed by atoms with van der Waals surface area (Å²) in [5, 5.41) is 24.4. The predicted molar refractivity (Wildman–Crippen MR) is 144 cm³/mol. The number of benzene rings is 1. The third kappa shape index (κ3) is 4.44. The van der Waals surface area contributed by atoms with Crippen molar-refractivity contribution < 1.29 is 38.4 Å². The molecule has 9 heteroatoms. The van der Waals surface area contributed by atoms with Crippen LogP contribution in [0.25, 0.3) is 0 Å². The lowest BCUT2D eigenvalue weighted by atomic mass is 9.43. The molecule has 0 spiro atoms. The summed E-state index contributed by atoms with van der Waals surface area (Å²) in [6.45, 7) is 14.2. The van der Waals surface area contributed by atoms with E-state index in [1.165, 1.54) is 0 Å². The van der Waals surface area contributed by atoms with Gasteiger partial charge in [0, 0.05) is 6.42 Å². The maximum absolute atomic E-state index is 13.3. The smallest absolute Gasteiger partial charge is 0.314 e. The number of esters is 1. The van der Waals surface area contributed by atoms with Gasteiger partial charge in [-0.05, 0) is 54.1 Å². The van der Waals surface area contributed by atoms with Crippen LogP contribution in [-0.2, 0) is 30.1 Å². The third-order valence-electron chi connectivity index (χ3n) is 9.72. The summed E-state index contributed by atoms with van der Waals surface area (Å²) in [6, 6.07) is 7.40. The number of methoxy groups -OCH3 is 1. The van der Waals surface area contributed by atoms with Crippen molar-refractivity contribution in [1.29, 1.82) is 0 Å². The van der Waals surface area contributed by atoms with Crippen LogP contribution in [0.2, 0.25) is 18.1 Å². The van der Waals surface area contributed by atoms with Crippen molar-refractivity contribution in [3.63, 3.8) is 0 Å². The van der Waals surface area contributed by atoms with Gasteiger partial charge in [0.2, 0.25) is 0 Å². The van der Waals surface area contributed by atoms with Gasteiger partial charge < -0.3 is 28.8 Å². The number of cyclic esters (lactones) is 1. The quantitative estimate of drug-likeness (QED) is 0.370. The van der Waals surface area contributed by atoms with Gasteiger partial charge in [-0.25, -0.2) is 0 Å². The van der Waals surface area contributed by atoms with Gasteiger partial charge in [-0.2, -0.15) is 0 Å². The maximum atomic E-state index is 13.3. The number of hydrogen-bond donors (Lipinski definition) is 2. The highest BCUT2D eigenvalue weighted by Gasteiger charge is 2.82. The number of carbonyl (C=O) groups excluding carboxylic acids is 2. The molecule has 1 aromatic rings. The van der Waals surface area contributed by atoms with Crippen LogP contribution >= 0.6 is 0 Å². The molecule has 0 unspecified atom stereocenters. The molecular weight excluding hydrogens is 504 g/mol. The Bertz CT molecular complexity index is 1080. The van der Waals surface area contributed by atoms with E-state index in [1.54, 1.807) is 7.11 Å². The van der Waals surface area contributed by atoms with E-state index in [0.717, 1.165) is 11.3 Å². The second kappa shape index (κ2) is 9.40. The van der Waals surface area contributed by atoms with E-state index in [4.69, 9.17) is 18.6 Å². The van der Waals surface area contributed by atoms with Crippen molar-refractivity contribution in [2.45, 2.75) is 95.9 Å². The minimum Gasteiger partial charge on any atom is -0.497 e. The predicted octanol–water partition coefficient (Wildman–Crippen LogP) is 4.02. The van der Waals surface area contributed by atoms with E-state index >= 15 is 0 Å². The topological polar surface area (TPSA) is 112 Å². The molecule has 1 heterocycles. The number of rotatable bonds is 8. The van der Waals surface area contributed by atoms with Crippen molar-refractivity contribution in [1.82, 2.24) is 0 Å². The van der Waals surface area contributed by atoms with Crippen LogP contribution in [0.1, 0.15) is 59.4 Å². The van der Waals surface area contributed by atoms with Gasteiger partial charge in [-0.15, -0.1) is 0 Å². The zero-order valence-electron chi connectivity index (χ0n) is 24.1. The van der Waals surface area contributed by atoms with Crippen molar-refractivity contribution in [2.75, 3.05) is 20.3 Å².